The molecule has 0 bridgehead atoms. The van der Waals surface area contributed by atoms with Crippen LogP contribution in [-0.4, -0.2) is 17.1 Å². The van der Waals surface area contributed by atoms with Gasteiger partial charge in [-0.25, -0.2) is 0 Å². The Morgan fingerprint density at radius 2 is 1.89 bits per heavy atom. The summed E-state index contributed by atoms with van der Waals surface area (Å²) < 4.78 is 6.30. The Hall–Kier alpha value is -2.69. The first-order chi connectivity index (χ1) is 13.6. The Bertz CT molecular complexity index is 918. The molecule has 144 valence electrons. The maximum absolute atomic E-state index is 12.7. The van der Waals surface area contributed by atoms with Crippen molar-refractivity contribution in [1.29, 1.82) is 0 Å². The number of benzene rings is 2. The summed E-state index contributed by atoms with van der Waals surface area (Å²) in [5, 5.41) is 1.95. The molecule has 4 heteroatoms. The second-order valence-corrected chi connectivity index (χ2v) is 7.61. The van der Waals surface area contributed by atoms with Crippen LogP contribution in [0.2, 0.25) is 0 Å². The van der Waals surface area contributed by atoms with Crippen molar-refractivity contribution < 1.29 is 14.4 Å². The van der Waals surface area contributed by atoms with Crippen LogP contribution in [0.15, 0.2) is 79.1 Å². The monoisotopic (exact) mass is 375 g/mol. The smallest absolute Gasteiger partial charge is 0.189 e. The molecule has 0 saturated carbocycles. The predicted octanol–water partition coefficient (Wildman–Crippen LogP) is 4.98. The van der Waals surface area contributed by atoms with Gasteiger partial charge < -0.3 is 4.74 Å². The van der Waals surface area contributed by atoms with E-state index in [-0.39, 0.29) is 17.9 Å². The van der Waals surface area contributed by atoms with Crippen LogP contribution in [-0.2, 0) is 21.7 Å². The third-order valence-electron chi connectivity index (χ3n) is 5.39. The number of carbonyl (C=O) groups excluding carboxylic acids is 1. The van der Waals surface area contributed by atoms with Crippen LogP contribution in [0.4, 0.5) is 0 Å². The average molecular weight is 375 g/mol. The fraction of sp³-hybridized carbons (Fsp3) is 0.292. The molecule has 2 unspecified atom stereocenters. The minimum Gasteiger partial charge on any atom is -0.474 e. The molecule has 2 aliphatic rings. The molecule has 0 N–H and O–H groups in total. The number of hydrogen-bond donors (Lipinski definition) is 0. The van der Waals surface area contributed by atoms with Crippen LogP contribution in [0, 0.1) is 5.92 Å². The Morgan fingerprint density at radius 1 is 1.18 bits per heavy atom. The Balaban J connectivity index is 1.81. The van der Waals surface area contributed by atoms with Crippen molar-refractivity contribution in [3.63, 3.8) is 0 Å². The van der Waals surface area contributed by atoms with Gasteiger partial charge in [-0.3, -0.25) is 9.63 Å². The van der Waals surface area contributed by atoms with Crippen molar-refractivity contribution >= 4 is 5.78 Å². The maximum atomic E-state index is 12.7. The molecule has 4 rings (SSSR count). The fourth-order valence-corrected chi connectivity index (χ4v) is 4.08. The highest BCUT2D eigenvalue weighted by atomic mass is 16.7. The molecule has 4 nitrogen and oxygen atoms in total. The second kappa shape index (κ2) is 7.38. The molecule has 28 heavy (non-hydrogen) atoms. The first-order valence-corrected chi connectivity index (χ1v) is 9.67. The van der Waals surface area contributed by atoms with Crippen molar-refractivity contribution in [2.75, 3.05) is 0 Å². The molecule has 0 spiro atoms. The van der Waals surface area contributed by atoms with E-state index in [0.717, 1.165) is 11.1 Å². The molecule has 1 aliphatic heterocycles. The van der Waals surface area contributed by atoms with Gasteiger partial charge >= 0.3 is 0 Å². The van der Waals surface area contributed by atoms with Crippen LogP contribution >= 0.6 is 0 Å². The zero-order valence-corrected chi connectivity index (χ0v) is 16.3. The van der Waals surface area contributed by atoms with Gasteiger partial charge in [0.25, 0.3) is 0 Å². The lowest BCUT2D eigenvalue weighted by atomic mass is 9.77. The van der Waals surface area contributed by atoms with Crippen molar-refractivity contribution in [2.24, 2.45) is 5.92 Å². The quantitative estimate of drug-likeness (QED) is 0.667. The molecular formula is C24H25NO3. The highest BCUT2D eigenvalue weighted by Gasteiger charge is 2.57. The number of ether oxygens (including phenoxy) is 1. The van der Waals surface area contributed by atoms with Crippen LogP contribution < -0.4 is 0 Å². The summed E-state index contributed by atoms with van der Waals surface area (Å²) in [4.78, 5) is 19.1. The SMILES string of the molecule is C=CCC12C(=CC(=O)c3ccccc31)OC(C(C)C)N2OCc1ccccc1. The molecule has 1 aliphatic carbocycles. The number of hydroxylamine groups is 2. The van der Waals surface area contributed by atoms with Crippen LogP contribution in [0.3, 0.4) is 0 Å². The van der Waals surface area contributed by atoms with E-state index < -0.39 is 5.54 Å². The zero-order valence-electron chi connectivity index (χ0n) is 16.3. The predicted molar refractivity (Wildman–Crippen MR) is 108 cm³/mol. The third kappa shape index (κ3) is 2.89. The van der Waals surface area contributed by atoms with Gasteiger partial charge in [0.15, 0.2) is 12.0 Å². The maximum Gasteiger partial charge on any atom is 0.189 e. The normalized spacial score (nSPS) is 23.8. The number of carbonyl (C=O) groups is 1. The Morgan fingerprint density at radius 3 is 2.61 bits per heavy atom. The van der Waals surface area contributed by atoms with Crippen LogP contribution in [0.1, 0.15) is 41.8 Å². The fourth-order valence-electron chi connectivity index (χ4n) is 4.08. The van der Waals surface area contributed by atoms with Crippen LogP contribution in [0.5, 0.6) is 0 Å². The molecule has 0 amide bonds. The standard InChI is InChI=1S/C24H25NO3/c1-4-14-24-20-13-9-8-12-19(20)21(26)15-22(24)28-23(17(2)3)25(24)27-16-18-10-6-5-7-11-18/h4-13,15,17,23H,1,14,16H2,2-3H3. The summed E-state index contributed by atoms with van der Waals surface area (Å²) in [6, 6.07) is 17.8. The molecule has 2 aromatic carbocycles. The van der Waals surface area contributed by atoms with E-state index in [1.54, 1.807) is 6.08 Å². The summed E-state index contributed by atoms with van der Waals surface area (Å²) in [6.07, 6.45) is 3.77. The first-order valence-electron chi connectivity index (χ1n) is 9.67. The average Bonchev–Trinajstić information content (AvgIpc) is 3.02. The van der Waals surface area contributed by atoms with Gasteiger partial charge in [0, 0.05) is 17.6 Å². The molecule has 0 radical (unpaired) electrons. The number of rotatable bonds is 6. The van der Waals surface area contributed by atoms with Crippen LogP contribution in [0.25, 0.3) is 0 Å². The summed E-state index contributed by atoms with van der Waals surface area (Å²) in [5.41, 5.74) is 2.00. The second-order valence-electron chi connectivity index (χ2n) is 7.61. The molecule has 1 saturated heterocycles. The van der Waals surface area contributed by atoms with Gasteiger partial charge in [-0.1, -0.05) is 74.5 Å². The largest absolute Gasteiger partial charge is 0.474 e. The summed E-state index contributed by atoms with van der Waals surface area (Å²) >= 11 is 0. The summed E-state index contributed by atoms with van der Waals surface area (Å²) in [7, 11) is 0. The van der Waals surface area contributed by atoms with Crippen molar-refractivity contribution in [2.45, 2.75) is 38.6 Å². The number of hydrogen-bond acceptors (Lipinski definition) is 4. The highest BCUT2D eigenvalue weighted by Crippen LogP contribution is 2.52. The van der Waals surface area contributed by atoms with E-state index in [4.69, 9.17) is 9.57 Å². The van der Waals surface area contributed by atoms with Gasteiger partial charge in [0.05, 0.1) is 6.61 Å². The third-order valence-corrected chi connectivity index (χ3v) is 5.39. The Labute approximate surface area is 166 Å². The van der Waals surface area contributed by atoms with E-state index in [2.05, 4.69) is 20.4 Å². The number of ketones is 1. The molecular weight excluding hydrogens is 350 g/mol. The van der Waals surface area contributed by atoms with Gasteiger partial charge in [-0.15, -0.1) is 11.6 Å². The summed E-state index contributed by atoms with van der Waals surface area (Å²) in [6.45, 7) is 8.59. The first kappa shape index (κ1) is 18.7. The minimum absolute atomic E-state index is 0.0299. The van der Waals surface area contributed by atoms with Gasteiger partial charge in [-0.2, -0.15) is 0 Å². The van der Waals surface area contributed by atoms with E-state index in [9.17, 15) is 4.79 Å². The van der Waals surface area contributed by atoms with Gasteiger partial charge in [0.2, 0.25) is 0 Å². The highest BCUT2D eigenvalue weighted by molar-refractivity contribution is 6.08. The van der Waals surface area contributed by atoms with Crippen molar-refractivity contribution in [3.05, 3.63) is 95.8 Å². The van der Waals surface area contributed by atoms with Gasteiger partial charge in [-0.05, 0) is 17.5 Å². The van der Waals surface area contributed by atoms with E-state index in [0.29, 0.717) is 24.4 Å². The van der Waals surface area contributed by atoms with E-state index in [1.165, 1.54) is 0 Å². The molecule has 1 heterocycles. The molecule has 0 aromatic heterocycles. The Kier molecular flexibility index (Phi) is 4.92. The molecule has 2 atom stereocenters. The van der Waals surface area contributed by atoms with Gasteiger partial charge in [0.1, 0.15) is 11.3 Å². The molecule has 2 aromatic rings. The zero-order chi connectivity index (χ0) is 19.7. The molecule has 1 fully saturated rings. The lowest BCUT2D eigenvalue weighted by molar-refractivity contribution is -0.263. The number of allylic oxidation sites excluding steroid dienone is 1. The minimum atomic E-state index is -0.685. The number of nitrogens with zero attached hydrogens (tertiary/aromatic N) is 1. The van der Waals surface area contributed by atoms with E-state index in [1.807, 2.05) is 65.7 Å². The van der Waals surface area contributed by atoms with E-state index >= 15 is 0 Å². The summed E-state index contributed by atoms with van der Waals surface area (Å²) in [5.74, 6) is 0.784. The lowest BCUT2D eigenvalue weighted by Gasteiger charge is -2.39. The van der Waals surface area contributed by atoms with Crippen molar-refractivity contribution in [3.8, 4) is 0 Å². The topological polar surface area (TPSA) is 38.8 Å². The van der Waals surface area contributed by atoms with Crippen molar-refractivity contribution in [1.82, 2.24) is 5.06 Å². The number of fused-ring (bicyclic) bond motifs is 3. The lowest BCUT2D eigenvalue weighted by Crippen LogP contribution is -2.48.